The number of hydrogen-bond acceptors (Lipinski definition) is 7. The topological polar surface area (TPSA) is 103 Å². The van der Waals surface area contributed by atoms with E-state index in [2.05, 4.69) is 5.32 Å². The van der Waals surface area contributed by atoms with Gasteiger partial charge in [-0.05, 0) is 25.1 Å². The van der Waals surface area contributed by atoms with Gasteiger partial charge in [-0.25, -0.2) is 9.69 Å². The van der Waals surface area contributed by atoms with E-state index in [0.717, 1.165) is 4.90 Å². The second-order valence-corrected chi connectivity index (χ2v) is 6.30. The maximum absolute atomic E-state index is 13.2. The number of para-hydroxylation sites is 2. The molecule has 9 nitrogen and oxygen atoms in total. The van der Waals surface area contributed by atoms with Gasteiger partial charge >= 0.3 is 6.03 Å². The number of nitrogens with one attached hydrogen (secondary N) is 1. The van der Waals surface area contributed by atoms with Crippen LogP contribution in [-0.2, 0) is 9.59 Å². The summed E-state index contributed by atoms with van der Waals surface area (Å²) in [5.41, 5.74) is 0.295. The summed E-state index contributed by atoms with van der Waals surface area (Å²) in [4.78, 5) is 39.2. The van der Waals surface area contributed by atoms with Crippen molar-refractivity contribution in [1.82, 2.24) is 5.32 Å². The normalized spacial score (nSPS) is 15.0. The zero-order valence-corrected chi connectivity index (χ0v) is 17.6. The van der Waals surface area contributed by atoms with Crippen molar-refractivity contribution in [2.75, 3.05) is 32.8 Å². The summed E-state index contributed by atoms with van der Waals surface area (Å²) in [6, 6.07) is 8.89. The number of hydrogen-bond donors (Lipinski definition) is 1. The van der Waals surface area contributed by atoms with Crippen LogP contribution in [0.3, 0.4) is 0 Å². The summed E-state index contributed by atoms with van der Waals surface area (Å²) >= 11 is 0. The third kappa shape index (κ3) is 4.16. The van der Waals surface area contributed by atoms with Gasteiger partial charge in [-0.2, -0.15) is 0 Å². The summed E-state index contributed by atoms with van der Waals surface area (Å²) in [6.07, 6.45) is 1.32. The van der Waals surface area contributed by atoms with Crippen molar-refractivity contribution in [3.05, 3.63) is 47.5 Å². The van der Waals surface area contributed by atoms with Gasteiger partial charge in [0, 0.05) is 12.1 Å². The van der Waals surface area contributed by atoms with Crippen molar-refractivity contribution in [3.63, 3.8) is 0 Å². The van der Waals surface area contributed by atoms with Crippen molar-refractivity contribution >= 4 is 29.6 Å². The number of nitrogens with zero attached hydrogens (tertiary/aromatic N) is 1. The van der Waals surface area contributed by atoms with Gasteiger partial charge in [-0.3, -0.25) is 14.9 Å². The minimum Gasteiger partial charge on any atom is -0.496 e. The number of carbonyl (C=O) groups is 3. The zero-order valence-electron chi connectivity index (χ0n) is 17.6. The van der Waals surface area contributed by atoms with Gasteiger partial charge in [-0.1, -0.05) is 12.1 Å². The minimum atomic E-state index is -0.868. The number of methoxy groups -OCH3 is 3. The molecule has 0 aromatic heterocycles. The van der Waals surface area contributed by atoms with Crippen LogP contribution in [0, 0.1) is 0 Å². The highest BCUT2D eigenvalue weighted by molar-refractivity contribution is 6.39. The summed E-state index contributed by atoms with van der Waals surface area (Å²) in [5, 5.41) is 2.19. The second-order valence-electron chi connectivity index (χ2n) is 6.30. The molecule has 0 atom stereocenters. The molecule has 1 fully saturated rings. The first-order valence-corrected chi connectivity index (χ1v) is 9.38. The second kappa shape index (κ2) is 9.21. The van der Waals surface area contributed by atoms with Crippen molar-refractivity contribution < 1.29 is 33.3 Å². The van der Waals surface area contributed by atoms with E-state index in [-0.39, 0.29) is 11.3 Å². The Labute approximate surface area is 179 Å². The monoisotopic (exact) mass is 426 g/mol. The number of benzene rings is 2. The first-order valence-electron chi connectivity index (χ1n) is 9.38. The predicted octanol–water partition coefficient (Wildman–Crippen LogP) is 2.78. The molecule has 31 heavy (non-hydrogen) atoms. The molecule has 9 heteroatoms. The molecule has 2 aromatic rings. The van der Waals surface area contributed by atoms with Gasteiger partial charge in [0.05, 0.1) is 39.2 Å². The maximum atomic E-state index is 13.2. The lowest BCUT2D eigenvalue weighted by Gasteiger charge is -2.27. The van der Waals surface area contributed by atoms with Crippen molar-refractivity contribution in [1.29, 1.82) is 0 Å². The molecule has 0 aliphatic carbocycles. The molecule has 0 radical (unpaired) electrons. The number of ether oxygens (including phenoxy) is 4. The van der Waals surface area contributed by atoms with E-state index in [4.69, 9.17) is 18.9 Å². The van der Waals surface area contributed by atoms with Gasteiger partial charge < -0.3 is 18.9 Å². The fourth-order valence-corrected chi connectivity index (χ4v) is 3.11. The molecule has 3 rings (SSSR count). The van der Waals surface area contributed by atoms with Crippen LogP contribution in [0.5, 0.6) is 23.0 Å². The van der Waals surface area contributed by atoms with Crippen LogP contribution < -0.4 is 29.2 Å². The van der Waals surface area contributed by atoms with Gasteiger partial charge in [0.2, 0.25) is 0 Å². The molecule has 1 N–H and O–H groups in total. The lowest BCUT2D eigenvalue weighted by molar-refractivity contribution is -0.122. The summed E-state index contributed by atoms with van der Waals surface area (Å²) in [6.45, 7) is 2.12. The summed E-state index contributed by atoms with van der Waals surface area (Å²) in [5.74, 6) is -0.189. The zero-order chi connectivity index (χ0) is 22.5. The van der Waals surface area contributed by atoms with E-state index >= 15 is 0 Å². The Morgan fingerprint density at radius 3 is 2.16 bits per heavy atom. The van der Waals surface area contributed by atoms with Crippen molar-refractivity contribution in [2.24, 2.45) is 0 Å². The Kier molecular flexibility index (Phi) is 6.44. The number of anilines is 1. The maximum Gasteiger partial charge on any atom is 0.336 e. The van der Waals surface area contributed by atoms with Crippen LogP contribution in [-0.4, -0.2) is 45.8 Å². The first-order chi connectivity index (χ1) is 14.9. The molecule has 1 aliphatic rings. The SMILES string of the molecule is CCOc1ccccc1N1C(=O)NC(=O)/C(=C\c2c(OC)cc(OC)cc2OC)C1=O. The first kappa shape index (κ1) is 21.7. The highest BCUT2D eigenvalue weighted by atomic mass is 16.5. The number of imide groups is 2. The van der Waals surface area contributed by atoms with Gasteiger partial charge in [0.25, 0.3) is 11.8 Å². The standard InChI is InChI=1S/C22H22N2O7/c1-5-31-17-9-7-6-8-16(17)24-21(26)15(20(25)23-22(24)27)12-14-18(29-3)10-13(28-2)11-19(14)30-4/h6-12H,5H2,1-4H3,(H,23,25,27)/b15-12+. The largest absolute Gasteiger partial charge is 0.496 e. The molecule has 162 valence electrons. The smallest absolute Gasteiger partial charge is 0.336 e. The number of urea groups is 1. The Morgan fingerprint density at radius 2 is 1.58 bits per heavy atom. The Hall–Kier alpha value is -4.01. The number of barbiturate groups is 1. The van der Waals surface area contributed by atoms with E-state index in [1.165, 1.54) is 27.4 Å². The average Bonchev–Trinajstić information content (AvgIpc) is 2.77. The molecule has 2 aromatic carbocycles. The molecule has 1 saturated heterocycles. The fraction of sp³-hybridized carbons (Fsp3) is 0.227. The number of carbonyl (C=O) groups excluding carboxylic acids is 3. The van der Waals surface area contributed by atoms with Crippen LogP contribution >= 0.6 is 0 Å². The molecule has 1 aliphatic heterocycles. The van der Waals surface area contributed by atoms with Crippen LogP contribution in [0.2, 0.25) is 0 Å². The molecule has 0 spiro atoms. The minimum absolute atomic E-state index is 0.221. The Balaban J connectivity index is 2.13. The third-order valence-corrected chi connectivity index (χ3v) is 4.55. The number of amides is 4. The van der Waals surface area contributed by atoms with Gasteiger partial charge in [-0.15, -0.1) is 0 Å². The highest BCUT2D eigenvalue weighted by Gasteiger charge is 2.38. The molecular formula is C22H22N2O7. The molecule has 0 unspecified atom stereocenters. The van der Waals surface area contributed by atoms with Crippen LogP contribution in [0.4, 0.5) is 10.5 Å². The molecule has 1 heterocycles. The van der Waals surface area contributed by atoms with Crippen LogP contribution in [0.15, 0.2) is 42.0 Å². The quantitative estimate of drug-likeness (QED) is 0.536. The summed E-state index contributed by atoms with van der Waals surface area (Å²) < 4.78 is 21.5. The third-order valence-electron chi connectivity index (χ3n) is 4.55. The predicted molar refractivity (Wildman–Crippen MR) is 113 cm³/mol. The van der Waals surface area contributed by atoms with Gasteiger partial charge in [0.1, 0.15) is 28.6 Å². The lowest BCUT2D eigenvalue weighted by Crippen LogP contribution is -2.54. The Morgan fingerprint density at radius 1 is 0.935 bits per heavy atom. The van der Waals surface area contributed by atoms with Crippen LogP contribution in [0.25, 0.3) is 6.08 Å². The summed E-state index contributed by atoms with van der Waals surface area (Å²) in [7, 11) is 4.37. The lowest BCUT2D eigenvalue weighted by atomic mass is 10.0. The van der Waals surface area contributed by atoms with Crippen molar-refractivity contribution in [2.45, 2.75) is 6.92 Å². The van der Waals surface area contributed by atoms with E-state index in [0.29, 0.717) is 35.2 Å². The Bertz CT molecular complexity index is 1040. The van der Waals surface area contributed by atoms with Crippen LogP contribution in [0.1, 0.15) is 12.5 Å². The van der Waals surface area contributed by atoms with E-state index < -0.39 is 17.8 Å². The molecule has 0 saturated carbocycles. The van der Waals surface area contributed by atoms with E-state index in [9.17, 15) is 14.4 Å². The number of rotatable bonds is 7. The van der Waals surface area contributed by atoms with Gasteiger partial charge in [0.15, 0.2) is 0 Å². The average molecular weight is 426 g/mol. The van der Waals surface area contributed by atoms with E-state index in [1.54, 1.807) is 43.3 Å². The highest BCUT2D eigenvalue weighted by Crippen LogP contribution is 2.37. The fourth-order valence-electron chi connectivity index (χ4n) is 3.11. The van der Waals surface area contributed by atoms with Crippen molar-refractivity contribution in [3.8, 4) is 23.0 Å². The molecular weight excluding hydrogens is 404 g/mol. The molecule has 0 bridgehead atoms. The van der Waals surface area contributed by atoms with E-state index in [1.807, 2.05) is 0 Å². The molecule has 4 amide bonds.